The van der Waals surface area contributed by atoms with Crippen LogP contribution in [-0.2, 0) is 16.6 Å². The normalized spacial score (nSPS) is 12.3. The number of hydrogen-bond acceptors (Lipinski definition) is 4. The fourth-order valence-electron chi connectivity index (χ4n) is 1.36. The van der Waals surface area contributed by atoms with Crippen molar-refractivity contribution in [3.63, 3.8) is 0 Å². The van der Waals surface area contributed by atoms with Crippen LogP contribution in [0, 0.1) is 5.41 Å². The SMILES string of the molecule is CC(C)(C)CCS(=O)(=O)NCc1ccc(C(=O)O)nc1. The van der Waals surface area contributed by atoms with Crippen molar-refractivity contribution in [1.29, 1.82) is 0 Å². The zero-order chi connectivity index (χ0) is 15.4. The van der Waals surface area contributed by atoms with Gasteiger partial charge < -0.3 is 5.11 Å². The summed E-state index contributed by atoms with van der Waals surface area (Å²) in [5.74, 6) is -1.04. The molecule has 6 nitrogen and oxygen atoms in total. The second-order valence-corrected chi connectivity index (χ2v) is 7.73. The van der Waals surface area contributed by atoms with Crippen LogP contribution in [0.3, 0.4) is 0 Å². The van der Waals surface area contributed by atoms with Crippen molar-refractivity contribution >= 4 is 16.0 Å². The monoisotopic (exact) mass is 300 g/mol. The number of rotatable bonds is 6. The van der Waals surface area contributed by atoms with Crippen molar-refractivity contribution in [3.8, 4) is 0 Å². The summed E-state index contributed by atoms with van der Waals surface area (Å²) >= 11 is 0. The molecule has 1 aromatic heterocycles. The van der Waals surface area contributed by atoms with E-state index in [-0.39, 0.29) is 23.4 Å². The standard InChI is InChI=1S/C13H20N2O4S/c1-13(2,3)6-7-20(18,19)15-9-10-4-5-11(12(16)17)14-8-10/h4-5,8,15H,6-7,9H2,1-3H3,(H,16,17). The number of sulfonamides is 1. The fourth-order valence-corrected chi connectivity index (χ4v) is 2.77. The van der Waals surface area contributed by atoms with Gasteiger partial charge in [-0.05, 0) is 23.5 Å². The number of hydrogen-bond donors (Lipinski definition) is 2. The molecule has 0 saturated carbocycles. The Balaban J connectivity index is 2.56. The van der Waals surface area contributed by atoms with Crippen molar-refractivity contribution in [2.24, 2.45) is 5.41 Å². The highest BCUT2D eigenvalue weighted by atomic mass is 32.2. The van der Waals surface area contributed by atoms with Gasteiger partial charge in [0.15, 0.2) is 0 Å². The third-order valence-corrected chi connectivity index (χ3v) is 3.99. The molecule has 2 N–H and O–H groups in total. The number of nitrogens with one attached hydrogen (secondary N) is 1. The smallest absolute Gasteiger partial charge is 0.354 e. The number of carbonyl (C=O) groups is 1. The molecule has 0 saturated heterocycles. The summed E-state index contributed by atoms with van der Waals surface area (Å²) in [6.45, 7) is 6.06. The minimum atomic E-state index is -3.33. The van der Waals surface area contributed by atoms with E-state index in [1.807, 2.05) is 20.8 Å². The zero-order valence-electron chi connectivity index (χ0n) is 11.9. The first-order chi connectivity index (χ1) is 9.09. The number of carboxylic acid groups (broad SMARTS) is 1. The quantitative estimate of drug-likeness (QED) is 0.832. The summed E-state index contributed by atoms with van der Waals surface area (Å²) in [6.07, 6.45) is 1.92. The number of aromatic carboxylic acids is 1. The van der Waals surface area contributed by atoms with Crippen LogP contribution >= 0.6 is 0 Å². The van der Waals surface area contributed by atoms with E-state index >= 15 is 0 Å². The Kier molecular flexibility index (Phi) is 5.24. The first-order valence-electron chi connectivity index (χ1n) is 6.25. The predicted octanol–water partition coefficient (Wildman–Crippen LogP) is 1.64. The van der Waals surface area contributed by atoms with Crippen molar-refractivity contribution in [3.05, 3.63) is 29.6 Å². The Morgan fingerprint density at radius 2 is 2.00 bits per heavy atom. The molecule has 0 radical (unpaired) electrons. The van der Waals surface area contributed by atoms with Gasteiger partial charge in [-0.15, -0.1) is 0 Å². The van der Waals surface area contributed by atoms with E-state index in [0.717, 1.165) is 0 Å². The Hall–Kier alpha value is -1.47. The maximum absolute atomic E-state index is 11.8. The van der Waals surface area contributed by atoms with E-state index in [1.54, 1.807) is 6.07 Å². The molecular formula is C13H20N2O4S. The van der Waals surface area contributed by atoms with Crippen molar-refractivity contribution in [1.82, 2.24) is 9.71 Å². The van der Waals surface area contributed by atoms with Crippen molar-refractivity contribution in [2.75, 3.05) is 5.75 Å². The first-order valence-corrected chi connectivity index (χ1v) is 7.90. The van der Waals surface area contributed by atoms with Crippen molar-refractivity contribution in [2.45, 2.75) is 33.7 Å². The highest BCUT2D eigenvalue weighted by molar-refractivity contribution is 7.89. The summed E-state index contributed by atoms with van der Waals surface area (Å²) in [4.78, 5) is 14.4. The van der Waals surface area contributed by atoms with Crippen molar-refractivity contribution < 1.29 is 18.3 Å². The molecule has 0 amide bonds. The Labute approximate surface area is 119 Å². The minimum Gasteiger partial charge on any atom is -0.477 e. The second-order valence-electron chi connectivity index (χ2n) is 5.81. The van der Waals surface area contributed by atoms with E-state index in [2.05, 4.69) is 9.71 Å². The molecule has 7 heteroatoms. The van der Waals surface area contributed by atoms with Crippen LogP contribution in [0.2, 0.25) is 0 Å². The van der Waals surface area contributed by atoms with Gasteiger partial charge in [-0.2, -0.15) is 0 Å². The average Bonchev–Trinajstić information content (AvgIpc) is 2.34. The van der Waals surface area contributed by atoms with E-state index in [0.29, 0.717) is 12.0 Å². The van der Waals surface area contributed by atoms with E-state index in [9.17, 15) is 13.2 Å². The lowest BCUT2D eigenvalue weighted by molar-refractivity contribution is 0.0690. The fraction of sp³-hybridized carbons (Fsp3) is 0.538. The molecule has 112 valence electrons. The first kappa shape index (κ1) is 16.6. The molecule has 0 atom stereocenters. The highest BCUT2D eigenvalue weighted by Gasteiger charge is 2.17. The second kappa shape index (κ2) is 6.32. The summed E-state index contributed by atoms with van der Waals surface area (Å²) < 4.78 is 26.1. The minimum absolute atomic E-state index is 0.0422. The molecule has 20 heavy (non-hydrogen) atoms. The van der Waals surface area contributed by atoms with Gasteiger partial charge in [-0.1, -0.05) is 26.8 Å². The maximum Gasteiger partial charge on any atom is 0.354 e. The molecule has 0 fully saturated rings. The summed E-state index contributed by atoms with van der Waals surface area (Å²) in [6, 6.07) is 2.89. The van der Waals surface area contributed by atoms with Gasteiger partial charge >= 0.3 is 5.97 Å². The summed E-state index contributed by atoms with van der Waals surface area (Å²) in [7, 11) is -3.33. The molecule has 1 aromatic rings. The molecule has 1 heterocycles. The van der Waals surface area contributed by atoms with Gasteiger partial charge in [0.1, 0.15) is 5.69 Å². The van der Waals surface area contributed by atoms with E-state index in [1.165, 1.54) is 12.3 Å². The number of carboxylic acids is 1. The Morgan fingerprint density at radius 3 is 2.45 bits per heavy atom. The summed E-state index contributed by atoms with van der Waals surface area (Å²) in [5, 5.41) is 8.71. The largest absolute Gasteiger partial charge is 0.477 e. The molecule has 0 unspecified atom stereocenters. The number of nitrogens with zero attached hydrogens (tertiary/aromatic N) is 1. The third-order valence-electron chi connectivity index (χ3n) is 2.66. The molecular weight excluding hydrogens is 280 g/mol. The Bertz CT molecular complexity index is 559. The number of aromatic nitrogens is 1. The predicted molar refractivity (Wildman–Crippen MR) is 75.9 cm³/mol. The van der Waals surface area contributed by atoms with Gasteiger partial charge in [0.25, 0.3) is 0 Å². The topological polar surface area (TPSA) is 96.4 Å². The van der Waals surface area contributed by atoms with E-state index in [4.69, 9.17) is 5.11 Å². The lowest BCUT2D eigenvalue weighted by atomic mass is 9.94. The summed E-state index contributed by atoms with van der Waals surface area (Å²) in [5.41, 5.74) is 0.512. The Morgan fingerprint density at radius 1 is 1.35 bits per heavy atom. The van der Waals surface area contributed by atoms with Gasteiger partial charge in [-0.3, -0.25) is 0 Å². The van der Waals surface area contributed by atoms with Gasteiger partial charge in [0.2, 0.25) is 10.0 Å². The lowest BCUT2D eigenvalue weighted by Crippen LogP contribution is -2.28. The molecule has 0 bridgehead atoms. The molecule has 0 aliphatic carbocycles. The van der Waals surface area contributed by atoms with Crippen LogP contribution in [0.5, 0.6) is 0 Å². The molecule has 0 aliphatic rings. The molecule has 0 aliphatic heterocycles. The molecule has 0 spiro atoms. The van der Waals surface area contributed by atoms with Crippen LogP contribution < -0.4 is 4.72 Å². The molecule has 1 rings (SSSR count). The van der Waals surface area contributed by atoms with Crippen LogP contribution in [0.1, 0.15) is 43.2 Å². The maximum atomic E-state index is 11.8. The van der Waals surface area contributed by atoms with Gasteiger partial charge in [-0.25, -0.2) is 22.9 Å². The third kappa shape index (κ3) is 6.12. The van der Waals surface area contributed by atoms with Gasteiger partial charge in [0, 0.05) is 12.7 Å². The van der Waals surface area contributed by atoms with E-state index < -0.39 is 16.0 Å². The van der Waals surface area contributed by atoms with Crippen LogP contribution in [-0.4, -0.2) is 30.2 Å². The van der Waals surface area contributed by atoms with Crippen LogP contribution in [0.15, 0.2) is 18.3 Å². The molecule has 0 aromatic carbocycles. The van der Waals surface area contributed by atoms with Crippen LogP contribution in [0.25, 0.3) is 0 Å². The lowest BCUT2D eigenvalue weighted by Gasteiger charge is -2.17. The highest BCUT2D eigenvalue weighted by Crippen LogP contribution is 2.18. The number of pyridine rings is 1. The van der Waals surface area contributed by atoms with Gasteiger partial charge in [0.05, 0.1) is 5.75 Å². The average molecular weight is 300 g/mol. The zero-order valence-corrected chi connectivity index (χ0v) is 12.7. The van der Waals surface area contributed by atoms with Crippen LogP contribution in [0.4, 0.5) is 0 Å².